The van der Waals surface area contributed by atoms with Crippen LogP contribution in [0.4, 0.5) is 18.9 Å². The number of nitrogens with two attached hydrogens (primary N) is 1. The van der Waals surface area contributed by atoms with Crippen LogP contribution in [0.5, 0.6) is 0 Å². The maximum absolute atomic E-state index is 12.6. The summed E-state index contributed by atoms with van der Waals surface area (Å²) in [7, 11) is 0. The molecule has 0 amide bonds. The monoisotopic (exact) mass is 361 g/mol. The van der Waals surface area contributed by atoms with E-state index in [1.54, 1.807) is 12.1 Å². The first-order valence-corrected chi connectivity index (χ1v) is 7.48. The van der Waals surface area contributed by atoms with E-state index in [4.69, 9.17) is 5.73 Å². The maximum atomic E-state index is 12.6. The van der Waals surface area contributed by atoms with E-state index >= 15 is 0 Å². The fourth-order valence-corrected chi connectivity index (χ4v) is 2.92. The van der Waals surface area contributed by atoms with Gasteiger partial charge in [-0.3, -0.25) is 0 Å². The Labute approximate surface area is 127 Å². The standard InChI is InChI=1S/C14H11BrF3NS/c15-11-4-5-13(12(19)7-11)20-8-9-2-1-3-10(6-9)14(16,17)18/h1-7H,8,19H2. The molecular weight excluding hydrogens is 351 g/mol. The second kappa shape index (κ2) is 6.10. The molecule has 0 bridgehead atoms. The molecule has 1 nitrogen and oxygen atoms in total. The molecule has 0 aliphatic rings. The topological polar surface area (TPSA) is 26.0 Å². The molecule has 2 rings (SSSR count). The largest absolute Gasteiger partial charge is 0.416 e. The van der Waals surface area contributed by atoms with Gasteiger partial charge in [-0.1, -0.05) is 34.1 Å². The van der Waals surface area contributed by atoms with E-state index in [9.17, 15) is 13.2 Å². The lowest BCUT2D eigenvalue weighted by Crippen LogP contribution is -2.04. The first kappa shape index (κ1) is 15.3. The molecule has 106 valence electrons. The summed E-state index contributed by atoms with van der Waals surface area (Å²) in [5.41, 5.74) is 6.45. The van der Waals surface area contributed by atoms with Gasteiger partial charge in [0.05, 0.1) is 5.56 Å². The average molecular weight is 362 g/mol. The Bertz CT molecular complexity index is 614. The third kappa shape index (κ3) is 3.93. The van der Waals surface area contributed by atoms with Gasteiger partial charge < -0.3 is 5.73 Å². The summed E-state index contributed by atoms with van der Waals surface area (Å²) >= 11 is 4.72. The van der Waals surface area contributed by atoms with Crippen molar-refractivity contribution in [2.75, 3.05) is 5.73 Å². The van der Waals surface area contributed by atoms with E-state index in [1.165, 1.54) is 23.9 Å². The predicted octanol–water partition coefficient (Wildman–Crippen LogP) is 5.34. The van der Waals surface area contributed by atoms with Gasteiger partial charge in [-0.2, -0.15) is 13.2 Å². The summed E-state index contributed by atoms with van der Waals surface area (Å²) < 4.78 is 38.7. The van der Waals surface area contributed by atoms with Crippen LogP contribution >= 0.6 is 27.7 Å². The lowest BCUT2D eigenvalue weighted by Gasteiger charge is -2.09. The number of halogens is 4. The summed E-state index contributed by atoms with van der Waals surface area (Å²) in [4.78, 5) is 0.852. The highest BCUT2D eigenvalue weighted by Crippen LogP contribution is 2.33. The molecule has 0 spiro atoms. The number of rotatable bonds is 3. The Balaban J connectivity index is 2.11. The van der Waals surface area contributed by atoms with Gasteiger partial charge in [-0.05, 0) is 29.8 Å². The second-order valence-corrected chi connectivity index (χ2v) is 6.10. The molecule has 0 saturated heterocycles. The van der Waals surface area contributed by atoms with Crippen molar-refractivity contribution < 1.29 is 13.2 Å². The Kier molecular flexibility index (Phi) is 4.65. The molecule has 2 aromatic carbocycles. The fourth-order valence-electron chi connectivity index (χ4n) is 1.65. The molecule has 0 fully saturated rings. The highest BCUT2D eigenvalue weighted by Gasteiger charge is 2.30. The smallest absolute Gasteiger partial charge is 0.398 e. The molecule has 0 atom stereocenters. The molecule has 0 saturated carbocycles. The summed E-state index contributed by atoms with van der Waals surface area (Å²) in [6.07, 6.45) is -4.31. The van der Waals surface area contributed by atoms with E-state index < -0.39 is 11.7 Å². The highest BCUT2D eigenvalue weighted by atomic mass is 79.9. The molecule has 0 heterocycles. The quantitative estimate of drug-likeness (QED) is 0.589. The highest BCUT2D eigenvalue weighted by molar-refractivity contribution is 9.10. The minimum atomic E-state index is -4.31. The fraction of sp³-hybridized carbons (Fsp3) is 0.143. The van der Waals surface area contributed by atoms with Crippen LogP contribution in [0.25, 0.3) is 0 Å². The van der Waals surface area contributed by atoms with Crippen molar-refractivity contribution in [2.45, 2.75) is 16.8 Å². The number of alkyl halides is 3. The van der Waals surface area contributed by atoms with Crippen molar-refractivity contribution in [3.05, 3.63) is 58.1 Å². The Morgan fingerprint density at radius 1 is 1.10 bits per heavy atom. The van der Waals surface area contributed by atoms with Crippen LogP contribution in [-0.2, 0) is 11.9 Å². The van der Waals surface area contributed by atoms with Gasteiger partial charge in [0.1, 0.15) is 0 Å². The third-order valence-electron chi connectivity index (χ3n) is 2.62. The summed E-state index contributed by atoms with van der Waals surface area (Å²) in [5, 5.41) is 0. The van der Waals surface area contributed by atoms with Crippen molar-refractivity contribution in [1.82, 2.24) is 0 Å². The predicted molar refractivity (Wildman–Crippen MR) is 79.6 cm³/mol. The molecular formula is C14H11BrF3NS. The van der Waals surface area contributed by atoms with E-state index in [0.29, 0.717) is 17.0 Å². The first-order valence-electron chi connectivity index (χ1n) is 5.70. The van der Waals surface area contributed by atoms with E-state index in [0.717, 1.165) is 15.4 Å². The van der Waals surface area contributed by atoms with Crippen LogP contribution in [0, 0.1) is 0 Å². The van der Waals surface area contributed by atoms with Crippen LogP contribution < -0.4 is 5.73 Å². The molecule has 2 N–H and O–H groups in total. The lowest BCUT2D eigenvalue weighted by molar-refractivity contribution is -0.137. The first-order chi connectivity index (χ1) is 9.36. The average Bonchev–Trinajstić information content (AvgIpc) is 2.37. The molecule has 0 radical (unpaired) electrons. The van der Waals surface area contributed by atoms with Gasteiger partial charge in [0.2, 0.25) is 0 Å². The van der Waals surface area contributed by atoms with Crippen LogP contribution in [0.15, 0.2) is 51.8 Å². The zero-order valence-electron chi connectivity index (χ0n) is 10.2. The molecule has 2 aromatic rings. The Morgan fingerprint density at radius 2 is 1.85 bits per heavy atom. The van der Waals surface area contributed by atoms with Gasteiger partial charge in [-0.15, -0.1) is 11.8 Å². The number of hydrogen-bond donors (Lipinski definition) is 1. The second-order valence-electron chi connectivity index (χ2n) is 4.17. The van der Waals surface area contributed by atoms with E-state index in [1.807, 2.05) is 12.1 Å². The van der Waals surface area contributed by atoms with Gasteiger partial charge >= 0.3 is 6.18 Å². The summed E-state index contributed by atoms with van der Waals surface area (Å²) in [6, 6.07) is 10.8. The van der Waals surface area contributed by atoms with Crippen LogP contribution in [0.3, 0.4) is 0 Å². The van der Waals surface area contributed by atoms with Crippen LogP contribution in [0.1, 0.15) is 11.1 Å². The molecule has 20 heavy (non-hydrogen) atoms. The van der Waals surface area contributed by atoms with Gasteiger partial charge in [-0.25, -0.2) is 0 Å². The van der Waals surface area contributed by atoms with Crippen LogP contribution in [-0.4, -0.2) is 0 Å². The zero-order valence-corrected chi connectivity index (χ0v) is 12.6. The van der Waals surface area contributed by atoms with Gasteiger partial charge in [0, 0.05) is 20.8 Å². The normalized spacial score (nSPS) is 11.6. The Morgan fingerprint density at radius 3 is 2.50 bits per heavy atom. The van der Waals surface area contributed by atoms with Crippen molar-refractivity contribution in [3.8, 4) is 0 Å². The third-order valence-corrected chi connectivity index (χ3v) is 4.27. The Hall–Kier alpha value is -1.14. The van der Waals surface area contributed by atoms with Crippen molar-refractivity contribution in [1.29, 1.82) is 0 Å². The van der Waals surface area contributed by atoms with Crippen LogP contribution in [0.2, 0.25) is 0 Å². The molecule has 0 aromatic heterocycles. The molecule has 6 heteroatoms. The van der Waals surface area contributed by atoms with Crippen molar-refractivity contribution >= 4 is 33.4 Å². The zero-order chi connectivity index (χ0) is 14.8. The minimum Gasteiger partial charge on any atom is -0.398 e. The van der Waals surface area contributed by atoms with Crippen molar-refractivity contribution in [3.63, 3.8) is 0 Å². The van der Waals surface area contributed by atoms with E-state index in [-0.39, 0.29) is 0 Å². The minimum absolute atomic E-state index is 0.440. The number of anilines is 1. The van der Waals surface area contributed by atoms with E-state index in [2.05, 4.69) is 15.9 Å². The molecule has 0 aliphatic heterocycles. The van der Waals surface area contributed by atoms with Gasteiger partial charge in [0.15, 0.2) is 0 Å². The maximum Gasteiger partial charge on any atom is 0.416 e. The number of hydrogen-bond acceptors (Lipinski definition) is 2. The van der Waals surface area contributed by atoms with Gasteiger partial charge in [0.25, 0.3) is 0 Å². The summed E-state index contributed by atoms with van der Waals surface area (Å²) in [5.74, 6) is 0.440. The SMILES string of the molecule is Nc1cc(Br)ccc1SCc1cccc(C(F)(F)F)c1. The molecule has 0 unspecified atom stereocenters. The number of thioether (sulfide) groups is 1. The molecule has 0 aliphatic carbocycles. The lowest BCUT2D eigenvalue weighted by atomic mass is 10.1. The number of nitrogen functional groups attached to an aromatic ring is 1. The number of benzene rings is 2. The van der Waals surface area contributed by atoms with Crippen molar-refractivity contribution in [2.24, 2.45) is 0 Å². The summed E-state index contributed by atoms with van der Waals surface area (Å²) in [6.45, 7) is 0.